The Morgan fingerprint density at radius 1 is 1.41 bits per heavy atom. The zero-order valence-corrected chi connectivity index (χ0v) is 10.1. The predicted molar refractivity (Wildman–Crippen MR) is 68.2 cm³/mol. The lowest BCUT2D eigenvalue weighted by atomic mass is 10.4. The number of imidazole rings is 1. The van der Waals surface area contributed by atoms with Gasteiger partial charge in [-0.2, -0.15) is 0 Å². The standard InChI is InChI=1S/C12H20N4O/c1-2-3-13-12-14-4-5-16(12)7-6-15-8-10-17-11-9-15/h2,4-5H,1,3,6-11H2,(H,13,14). The van der Waals surface area contributed by atoms with E-state index in [4.69, 9.17) is 4.74 Å². The Bertz CT molecular complexity index is 344. The van der Waals surface area contributed by atoms with Crippen molar-refractivity contribution < 1.29 is 4.74 Å². The van der Waals surface area contributed by atoms with Crippen molar-refractivity contribution in [3.05, 3.63) is 25.0 Å². The molecule has 0 amide bonds. The average Bonchev–Trinajstić information content (AvgIpc) is 2.82. The molecule has 1 N–H and O–H groups in total. The van der Waals surface area contributed by atoms with Gasteiger partial charge in [0.15, 0.2) is 0 Å². The van der Waals surface area contributed by atoms with E-state index >= 15 is 0 Å². The fourth-order valence-corrected chi connectivity index (χ4v) is 1.89. The fraction of sp³-hybridized carbons (Fsp3) is 0.583. The molecule has 17 heavy (non-hydrogen) atoms. The number of hydrogen-bond acceptors (Lipinski definition) is 4. The van der Waals surface area contributed by atoms with Crippen molar-refractivity contribution in [1.29, 1.82) is 0 Å². The Balaban J connectivity index is 1.81. The maximum absolute atomic E-state index is 5.33. The minimum absolute atomic E-state index is 0.745. The van der Waals surface area contributed by atoms with Crippen LogP contribution >= 0.6 is 0 Å². The monoisotopic (exact) mass is 236 g/mol. The molecule has 1 aromatic rings. The molecule has 0 aromatic carbocycles. The third-order valence-electron chi connectivity index (χ3n) is 2.88. The van der Waals surface area contributed by atoms with Crippen LogP contribution in [0.5, 0.6) is 0 Å². The van der Waals surface area contributed by atoms with Crippen molar-refractivity contribution >= 4 is 5.95 Å². The molecule has 0 unspecified atom stereocenters. The molecule has 94 valence electrons. The van der Waals surface area contributed by atoms with Gasteiger partial charge in [0.1, 0.15) is 0 Å². The van der Waals surface area contributed by atoms with Crippen molar-refractivity contribution in [2.24, 2.45) is 0 Å². The van der Waals surface area contributed by atoms with Crippen molar-refractivity contribution in [3.63, 3.8) is 0 Å². The number of hydrogen-bond donors (Lipinski definition) is 1. The van der Waals surface area contributed by atoms with Crippen LogP contribution in [-0.2, 0) is 11.3 Å². The molecule has 1 aromatic heterocycles. The molecular formula is C12H20N4O. The molecule has 0 aliphatic carbocycles. The average molecular weight is 236 g/mol. The first-order valence-electron chi connectivity index (χ1n) is 6.06. The summed E-state index contributed by atoms with van der Waals surface area (Å²) in [6.07, 6.45) is 5.66. The summed E-state index contributed by atoms with van der Waals surface area (Å²) in [6.45, 7) is 10.2. The molecule has 1 fully saturated rings. The number of nitrogens with one attached hydrogen (secondary N) is 1. The molecule has 0 saturated carbocycles. The number of nitrogens with zero attached hydrogens (tertiary/aromatic N) is 3. The van der Waals surface area contributed by atoms with Crippen molar-refractivity contribution in [2.45, 2.75) is 6.54 Å². The molecule has 0 spiro atoms. The first-order valence-corrected chi connectivity index (χ1v) is 6.06. The van der Waals surface area contributed by atoms with E-state index in [1.54, 1.807) is 0 Å². The van der Waals surface area contributed by atoms with Gasteiger partial charge in [-0.05, 0) is 0 Å². The van der Waals surface area contributed by atoms with E-state index in [-0.39, 0.29) is 0 Å². The van der Waals surface area contributed by atoms with Crippen LogP contribution in [0.4, 0.5) is 5.95 Å². The lowest BCUT2D eigenvalue weighted by molar-refractivity contribution is 0.0364. The van der Waals surface area contributed by atoms with Gasteiger partial charge in [-0.1, -0.05) is 6.08 Å². The van der Waals surface area contributed by atoms with E-state index in [2.05, 4.69) is 26.3 Å². The molecule has 5 heteroatoms. The quantitative estimate of drug-likeness (QED) is 0.742. The summed E-state index contributed by atoms with van der Waals surface area (Å²) in [5, 5.41) is 3.22. The van der Waals surface area contributed by atoms with Crippen molar-refractivity contribution in [3.8, 4) is 0 Å². The van der Waals surface area contributed by atoms with Crippen LogP contribution in [0.15, 0.2) is 25.0 Å². The van der Waals surface area contributed by atoms with Crippen LogP contribution in [0.25, 0.3) is 0 Å². The highest BCUT2D eigenvalue weighted by atomic mass is 16.5. The van der Waals surface area contributed by atoms with Gasteiger partial charge in [-0.25, -0.2) is 4.98 Å². The molecule has 1 saturated heterocycles. The summed E-state index contributed by atoms with van der Waals surface area (Å²) in [7, 11) is 0. The molecule has 2 rings (SSSR count). The minimum atomic E-state index is 0.745. The van der Waals surface area contributed by atoms with E-state index in [1.165, 1.54) is 0 Å². The lowest BCUT2D eigenvalue weighted by Gasteiger charge is -2.26. The van der Waals surface area contributed by atoms with Crippen LogP contribution in [-0.4, -0.2) is 53.8 Å². The topological polar surface area (TPSA) is 42.3 Å². The van der Waals surface area contributed by atoms with Crippen molar-refractivity contribution in [2.75, 3.05) is 44.7 Å². The minimum Gasteiger partial charge on any atom is -0.379 e. The summed E-state index contributed by atoms with van der Waals surface area (Å²) in [6, 6.07) is 0. The second kappa shape index (κ2) is 6.42. The van der Waals surface area contributed by atoms with Gasteiger partial charge in [-0.15, -0.1) is 6.58 Å². The van der Waals surface area contributed by atoms with Crippen LogP contribution in [0, 0.1) is 0 Å². The normalized spacial score (nSPS) is 16.9. The van der Waals surface area contributed by atoms with Crippen LogP contribution in [0.2, 0.25) is 0 Å². The van der Waals surface area contributed by atoms with Gasteiger partial charge in [0.2, 0.25) is 5.95 Å². The molecule has 5 nitrogen and oxygen atoms in total. The number of ether oxygens (including phenoxy) is 1. The van der Waals surface area contributed by atoms with Gasteiger partial charge in [0, 0.05) is 45.1 Å². The summed E-state index contributed by atoms with van der Waals surface area (Å²) < 4.78 is 7.47. The predicted octanol–water partition coefficient (Wildman–Crippen LogP) is 0.813. The zero-order valence-electron chi connectivity index (χ0n) is 10.1. The summed E-state index contributed by atoms with van der Waals surface area (Å²) in [5.41, 5.74) is 0. The van der Waals surface area contributed by atoms with E-state index in [9.17, 15) is 0 Å². The number of anilines is 1. The number of morpholine rings is 1. The van der Waals surface area contributed by atoms with Gasteiger partial charge in [0.05, 0.1) is 13.2 Å². The van der Waals surface area contributed by atoms with Gasteiger partial charge in [0.25, 0.3) is 0 Å². The third-order valence-corrected chi connectivity index (χ3v) is 2.88. The second-order valence-corrected chi connectivity index (χ2v) is 4.07. The molecule has 1 aliphatic heterocycles. The molecular weight excluding hydrogens is 216 g/mol. The Morgan fingerprint density at radius 2 is 2.24 bits per heavy atom. The van der Waals surface area contributed by atoms with E-state index in [0.29, 0.717) is 0 Å². The maximum Gasteiger partial charge on any atom is 0.203 e. The molecule has 1 aliphatic rings. The lowest BCUT2D eigenvalue weighted by Crippen LogP contribution is -2.38. The third kappa shape index (κ3) is 3.57. The van der Waals surface area contributed by atoms with E-state index in [0.717, 1.165) is 51.9 Å². The van der Waals surface area contributed by atoms with Gasteiger partial charge >= 0.3 is 0 Å². The summed E-state index contributed by atoms with van der Waals surface area (Å²) >= 11 is 0. The summed E-state index contributed by atoms with van der Waals surface area (Å²) in [5.74, 6) is 0.915. The molecule has 0 bridgehead atoms. The van der Waals surface area contributed by atoms with Crippen LogP contribution < -0.4 is 5.32 Å². The van der Waals surface area contributed by atoms with Crippen LogP contribution in [0.3, 0.4) is 0 Å². The molecule has 0 atom stereocenters. The SMILES string of the molecule is C=CCNc1nccn1CCN1CCOCC1. The van der Waals surface area contributed by atoms with Crippen LogP contribution in [0.1, 0.15) is 0 Å². The smallest absolute Gasteiger partial charge is 0.203 e. The highest BCUT2D eigenvalue weighted by molar-refractivity contribution is 5.26. The van der Waals surface area contributed by atoms with E-state index in [1.807, 2.05) is 18.5 Å². The maximum atomic E-state index is 5.33. The van der Waals surface area contributed by atoms with Crippen molar-refractivity contribution in [1.82, 2.24) is 14.5 Å². The largest absolute Gasteiger partial charge is 0.379 e. The fourth-order valence-electron chi connectivity index (χ4n) is 1.89. The second-order valence-electron chi connectivity index (χ2n) is 4.07. The summed E-state index contributed by atoms with van der Waals surface area (Å²) in [4.78, 5) is 6.70. The molecule has 0 radical (unpaired) electrons. The Labute approximate surface area is 102 Å². The number of aromatic nitrogens is 2. The first kappa shape index (κ1) is 12.1. The van der Waals surface area contributed by atoms with Gasteiger partial charge in [-0.3, -0.25) is 4.90 Å². The molecule has 2 heterocycles. The highest BCUT2D eigenvalue weighted by Gasteiger charge is 2.10. The number of rotatable bonds is 6. The van der Waals surface area contributed by atoms with Gasteiger partial charge < -0.3 is 14.6 Å². The Hall–Kier alpha value is -1.33. The first-order chi connectivity index (χ1) is 8.40. The van der Waals surface area contributed by atoms with E-state index < -0.39 is 0 Å². The Morgan fingerprint density at radius 3 is 3.00 bits per heavy atom. The Kier molecular flexibility index (Phi) is 4.58. The highest BCUT2D eigenvalue weighted by Crippen LogP contribution is 2.05. The zero-order chi connectivity index (χ0) is 11.9.